The summed E-state index contributed by atoms with van der Waals surface area (Å²) < 4.78 is 5.53. The molecule has 1 aliphatic carbocycles. The summed E-state index contributed by atoms with van der Waals surface area (Å²) in [5.74, 6) is 0.727. The molecule has 1 aliphatic heterocycles. The average molecular weight is 273 g/mol. The smallest absolute Gasteiger partial charge is 0.0469 e. The number of benzene rings is 1. The van der Waals surface area contributed by atoms with Crippen LogP contribution in [0.2, 0.25) is 0 Å². The summed E-state index contributed by atoms with van der Waals surface area (Å²) >= 11 is 0. The van der Waals surface area contributed by atoms with Gasteiger partial charge >= 0.3 is 0 Å². The van der Waals surface area contributed by atoms with Crippen LogP contribution in [0.4, 0.5) is 0 Å². The van der Waals surface area contributed by atoms with Crippen molar-refractivity contribution in [3.63, 3.8) is 0 Å². The first-order chi connectivity index (χ1) is 9.88. The van der Waals surface area contributed by atoms with Gasteiger partial charge in [0.25, 0.3) is 0 Å². The summed E-state index contributed by atoms with van der Waals surface area (Å²) in [5, 5.41) is 3.72. The van der Waals surface area contributed by atoms with E-state index in [9.17, 15) is 0 Å². The lowest BCUT2D eigenvalue weighted by molar-refractivity contribution is 0.0538. The number of hydrogen-bond donors (Lipinski definition) is 1. The van der Waals surface area contributed by atoms with Crippen LogP contribution in [0, 0.1) is 5.92 Å². The number of rotatable bonds is 4. The molecular formula is C18H27NO. The van der Waals surface area contributed by atoms with E-state index in [0.29, 0.717) is 6.04 Å². The van der Waals surface area contributed by atoms with E-state index < -0.39 is 0 Å². The van der Waals surface area contributed by atoms with Crippen molar-refractivity contribution in [1.82, 2.24) is 5.32 Å². The monoisotopic (exact) mass is 273 g/mol. The SMILES string of the molecule is CCNC(c1ccc2c(c1)CCCC2)C1CCOCC1. The van der Waals surface area contributed by atoms with Gasteiger partial charge < -0.3 is 10.1 Å². The lowest BCUT2D eigenvalue weighted by Gasteiger charge is -2.32. The van der Waals surface area contributed by atoms with Crippen LogP contribution in [0.5, 0.6) is 0 Å². The van der Waals surface area contributed by atoms with E-state index in [4.69, 9.17) is 4.74 Å². The summed E-state index contributed by atoms with van der Waals surface area (Å²) in [6.45, 7) is 5.11. The molecular weight excluding hydrogens is 246 g/mol. The lowest BCUT2D eigenvalue weighted by atomic mass is 9.83. The maximum atomic E-state index is 5.53. The quantitative estimate of drug-likeness (QED) is 0.904. The topological polar surface area (TPSA) is 21.3 Å². The Kier molecular flexibility index (Phi) is 4.74. The first-order valence-electron chi connectivity index (χ1n) is 8.31. The van der Waals surface area contributed by atoms with Gasteiger partial charge in [-0.1, -0.05) is 25.1 Å². The highest BCUT2D eigenvalue weighted by Crippen LogP contribution is 2.32. The van der Waals surface area contributed by atoms with E-state index in [1.807, 2.05) is 0 Å². The highest BCUT2D eigenvalue weighted by molar-refractivity contribution is 5.35. The molecule has 1 unspecified atom stereocenters. The Morgan fingerprint density at radius 1 is 1.15 bits per heavy atom. The molecule has 3 rings (SSSR count). The Morgan fingerprint density at radius 2 is 1.90 bits per heavy atom. The van der Waals surface area contributed by atoms with Crippen LogP contribution in [-0.2, 0) is 17.6 Å². The van der Waals surface area contributed by atoms with Gasteiger partial charge in [0.15, 0.2) is 0 Å². The van der Waals surface area contributed by atoms with Gasteiger partial charge in [-0.2, -0.15) is 0 Å². The zero-order chi connectivity index (χ0) is 13.8. The molecule has 1 atom stereocenters. The fourth-order valence-electron chi connectivity index (χ4n) is 3.77. The maximum absolute atomic E-state index is 5.53. The summed E-state index contributed by atoms with van der Waals surface area (Å²) in [6, 6.07) is 7.74. The molecule has 0 spiro atoms. The van der Waals surface area contributed by atoms with Crippen LogP contribution in [0.15, 0.2) is 18.2 Å². The van der Waals surface area contributed by atoms with Gasteiger partial charge in [-0.25, -0.2) is 0 Å². The molecule has 1 heterocycles. The van der Waals surface area contributed by atoms with Crippen molar-refractivity contribution in [3.8, 4) is 0 Å². The summed E-state index contributed by atoms with van der Waals surface area (Å²) in [5.41, 5.74) is 4.69. The van der Waals surface area contributed by atoms with Crippen molar-refractivity contribution in [2.24, 2.45) is 5.92 Å². The highest BCUT2D eigenvalue weighted by atomic mass is 16.5. The number of nitrogens with one attached hydrogen (secondary N) is 1. The van der Waals surface area contributed by atoms with Crippen LogP contribution in [0.1, 0.15) is 55.3 Å². The Morgan fingerprint density at radius 3 is 2.65 bits per heavy atom. The zero-order valence-corrected chi connectivity index (χ0v) is 12.7. The Labute approximate surface area is 122 Å². The van der Waals surface area contributed by atoms with Gasteiger partial charge in [-0.05, 0) is 67.7 Å². The molecule has 1 N–H and O–H groups in total. The molecule has 0 saturated carbocycles. The summed E-state index contributed by atoms with van der Waals surface area (Å²) in [6.07, 6.45) is 7.65. The summed E-state index contributed by atoms with van der Waals surface area (Å²) in [7, 11) is 0. The van der Waals surface area contributed by atoms with Crippen molar-refractivity contribution in [2.45, 2.75) is 51.5 Å². The van der Waals surface area contributed by atoms with Crippen molar-refractivity contribution in [3.05, 3.63) is 34.9 Å². The fourth-order valence-corrected chi connectivity index (χ4v) is 3.77. The third-order valence-electron chi connectivity index (χ3n) is 4.89. The second-order valence-electron chi connectivity index (χ2n) is 6.22. The van der Waals surface area contributed by atoms with Crippen LogP contribution in [-0.4, -0.2) is 19.8 Å². The minimum absolute atomic E-state index is 0.510. The Balaban J connectivity index is 1.82. The second-order valence-corrected chi connectivity index (χ2v) is 6.22. The maximum Gasteiger partial charge on any atom is 0.0469 e. The van der Waals surface area contributed by atoms with E-state index >= 15 is 0 Å². The third-order valence-corrected chi connectivity index (χ3v) is 4.89. The third kappa shape index (κ3) is 3.07. The Hall–Kier alpha value is -0.860. The molecule has 1 fully saturated rings. The van der Waals surface area contributed by atoms with Crippen molar-refractivity contribution < 1.29 is 4.74 Å². The van der Waals surface area contributed by atoms with Gasteiger partial charge in [-0.15, -0.1) is 0 Å². The van der Waals surface area contributed by atoms with Gasteiger partial charge in [0, 0.05) is 19.3 Å². The number of aryl methyl sites for hydroxylation is 2. The molecule has 0 aromatic heterocycles. The largest absolute Gasteiger partial charge is 0.381 e. The first-order valence-corrected chi connectivity index (χ1v) is 8.31. The zero-order valence-electron chi connectivity index (χ0n) is 12.7. The predicted octanol–water partition coefficient (Wildman–Crippen LogP) is 3.64. The van der Waals surface area contributed by atoms with Crippen LogP contribution < -0.4 is 5.32 Å². The molecule has 1 aromatic carbocycles. The molecule has 0 radical (unpaired) electrons. The van der Waals surface area contributed by atoms with Crippen LogP contribution in [0.25, 0.3) is 0 Å². The molecule has 2 nitrogen and oxygen atoms in total. The number of ether oxygens (including phenoxy) is 1. The standard InChI is InChI=1S/C18H27NO/c1-2-19-18(15-9-11-20-12-10-15)17-8-7-14-5-3-4-6-16(14)13-17/h7-8,13,15,18-19H,2-6,9-12H2,1H3. The minimum atomic E-state index is 0.510. The fraction of sp³-hybridized carbons (Fsp3) is 0.667. The van der Waals surface area contributed by atoms with Gasteiger partial charge in [-0.3, -0.25) is 0 Å². The molecule has 0 amide bonds. The minimum Gasteiger partial charge on any atom is -0.381 e. The number of hydrogen-bond acceptors (Lipinski definition) is 2. The lowest BCUT2D eigenvalue weighted by Crippen LogP contribution is -2.32. The van der Waals surface area contributed by atoms with Crippen molar-refractivity contribution in [2.75, 3.05) is 19.8 Å². The van der Waals surface area contributed by atoms with E-state index in [-0.39, 0.29) is 0 Å². The normalized spacial score (nSPS) is 21.4. The second kappa shape index (κ2) is 6.73. The van der Waals surface area contributed by atoms with Gasteiger partial charge in [0.1, 0.15) is 0 Å². The molecule has 2 heteroatoms. The molecule has 0 bridgehead atoms. The molecule has 1 saturated heterocycles. The summed E-state index contributed by atoms with van der Waals surface area (Å²) in [4.78, 5) is 0. The predicted molar refractivity (Wildman–Crippen MR) is 83.0 cm³/mol. The number of fused-ring (bicyclic) bond motifs is 1. The van der Waals surface area contributed by atoms with Crippen molar-refractivity contribution >= 4 is 0 Å². The van der Waals surface area contributed by atoms with Crippen molar-refractivity contribution in [1.29, 1.82) is 0 Å². The van der Waals surface area contributed by atoms with E-state index in [1.165, 1.54) is 44.1 Å². The Bertz CT molecular complexity index is 437. The van der Waals surface area contributed by atoms with Gasteiger partial charge in [0.05, 0.1) is 0 Å². The van der Waals surface area contributed by atoms with E-state index in [2.05, 4.69) is 30.4 Å². The van der Waals surface area contributed by atoms with E-state index in [0.717, 1.165) is 25.7 Å². The highest BCUT2D eigenvalue weighted by Gasteiger charge is 2.25. The van der Waals surface area contributed by atoms with Gasteiger partial charge in [0.2, 0.25) is 0 Å². The van der Waals surface area contributed by atoms with E-state index in [1.54, 1.807) is 11.1 Å². The molecule has 110 valence electrons. The molecule has 1 aromatic rings. The first kappa shape index (κ1) is 14.1. The molecule has 2 aliphatic rings. The van der Waals surface area contributed by atoms with Crippen LogP contribution in [0.3, 0.4) is 0 Å². The van der Waals surface area contributed by atoms with Crippen LogP contribution >= 0.6 is 0 Å². The average Bonchev–Trinajstić information content (AvgIpc) is 2.53. The molecule has 20 heavy (non-hydrogen) atoms.